The van der Waals surface area contributed by atoms with Crippen LogP contribution in [0.15, 0.2) is 36.4 Å². The molecule has 0 saturated carbocycles. The van der Waals surface area contributed by atoms with E-state index >= 15 is 0 Å². The summed E-state index contributed by atoms with van der Waals surface area (Å²) in [5, 5.41) is 16.2. The quantitative estimate of drug-likeness (QED) is 0.643. The molecule has 0 heterocycles. The molecule has 2 aromatic rings. The smallest absolute Gasteiger partial charge is 0.271 e. The van der Waals surface area contributed by atoms with E-state index < -0.39 is 16.6 Å². The van der Waals surface area contributed by atoms with Crippen LogP contribution in [0.25, 0.3) is 0 Å². The molecule has 0 bridgehead atoms. The summed E-state index contributed by atoms with van der Waals surface area (Å²) in [5.74, 6) is -1.11. The van der Waals surface area contributed by atoms with E-state index in [1.54, 1.807) is 13.0 Å². The minimum Gasteiger partial charge on any atom is -0.376 e. The number of carbonyl (C=O) groups excluding carboxylic acids is 1. The maximum Gasteiger partial charge on any atom is 0.271 e. The Bertz CT molecular complexity index is 768. The molecule has 120 valence electrons. The molecular weight excluding hydrogens is 325 g/mol. The Labute approximate surface area is 136 Å². The maximum absolute atomic E-state index is 13.5. The number of carbonyl (C=O) groups is 1. The van der Waals surface area contributed by atoms with Crippen LogP contribution in [0.3, 0.4) is 0 Å². The number of non-ortho nitro benzene ring substituents is 1. The first kappa shape index (κ1) is 16.7. The predicted molar refractivity (Wildman–Crippen MR) is 86.4 cm³/mol. The van der Waals surface area contributed by atoms with Crippen molar-refractivity contribution < 1.29 is 14.1 Å². The number of aryl methyl sites for hydroxylation is 1. The summed E-state index contributed by atoms with van der Waals surface area (Å²) in [6.45, 7) is 1.58. The molecule has 0 aliphatic carbocycles. The summed E-state index contributed by atoms with van der Waals surface area (Å²) in [6, 6.07) is 8.11. The lowest BCUT2D eigenvalue weighted by Crippen LogP contribution is -2.22. The fraction of sp³-hybridized carbons (Fsp3) is 0.133. The third-order valence-corrected chi connectivity index (χ3v) is 3.31. The Kier molecular flexibility index (Phi) is 5.13. The Hall–Kier alpha value is -2.67. The van der Waals surface area contributed by atoms with Crippen LogP contribution in [0.4, 0.5) is 21.5 Å². The van der Waals surface area contributed by atoms with Gasteiger partial charge in [-0.2, -0.15) is 0 Å². The first-order valence-corrected chi connectivity index (χ1v) is 6.98. The van der Waals surface area contributed by atoms with Gasteiger partial charge in [-0.15, -0.1) is 0 Å². The molecule has 6 nitrogen and oxygen atoms in total. The molecule has 0 aliphatic heterocycles. The SMILES string of the molecule is Cc1ccc([N+](=O)[O-])cc1NCC(=O)Nc1cc(Cl)ccc1F. The van der Waals surface area contributed by atoms with Crippen LogP contribution in [0.5, 0.6) is 0 Å². The molecule has 8 heteroatoms. The van der Waals surface area contributed by atoms with E-state index in [1.807, 2.05) is 0 Å². The van der Waals surface area contributed by atoms with Crippen LogP contribution in [-0.4, -0.2) is 17.4 Å². The van der Waals surface area contributed by atoms with Crippen molar-refractivity contribution in [2.24, 2.45) is 0 Å². The molecule has 0 saturated heterocycles. The summed E-state index contributed by atoms with van der Waals surface area (Å²) < 4.78 is 13.5. The number of nitrogens with zero attached hydrogens (tertiary/aromatic N) is 1. The second-order valence-corrected chi connectivity index (χ2v) is 5.22. The van der Waals surface area contributed by atoms with Crippen molar-refractivity contribution in [2.45, 2.75) is 6.92 Å². The minimum absolute atomic E-state index is 0.0277. The number of rotatable bonds is 5. The van der Waals surface area contributed by atoms with Crippen LogP contribution in [0, 0.1) is 22.9 Å². The summed E-state index contributed by atoms with van der Waals surface area (Å²) in [7, 11) is 0. The number of amides is 1. The molecule has 2 rings (SSSR count). The second kappa shape index (κ2) is 7.06. The van der Waals surface area contributed by atoms with Crippen LogP contribution in [-0.2, 0) is 4.79 Å². The van der Waals surface area contributed by atoms with Crippen molar-refractivity contribution in [3.8, 4) is 0 Å². The number of benzene rings is 2. The lowest BCUT2D eigenvalue weighted by atomic mass is 10.2. The number of halogens is 2. The van der Waals surface area contributed by atoms with E-state index in [9.17, 15) is 19.3 Å². The molecule has 2 aromatic carbocycles. The highest BCUT2D eigenvalue weighted by molar-refractivity contribution is 6.30. The van der Waals surface area contributed by atoms with Gasteiger partial charge in [0.1, 0.15) is 5.82 Å². The van der Waals surface area contributed by atoms with Gasteiger partial charge in [0.05, 0.1) is 17.2 Å². The van der Waals surface area contributed by atoms with Crippen LogP contribution >= 0.6 is 11.6 Å². The molecule has 0 aromatic heterocycles. The van der Waals surface area contributed by atoms with Gasteiger partial charge in [0.25, 0.3) is 5.69 Å². The molecular formula is C15H13ClFN3O3. The average Bonchev–Trinajstić information content (AvgIpc) is 2.50. The van der Waals surface area contributed by atoms with E-state index in [0.717, 1.165) is 11.6 Å². The third-order valence-electron chi connectivity index (χ3n) is 3.07. The van der Waals surface area contributed by atoms with Gasteiger partial charge in [0.2, 0.25) is 5.91 Å². The van der Waals surface area contributed by atoms with E-state index in [0.29, 0.717) is 10.7 Å². The van der Waals surface area contributed by atoms with Gasteiger partial charge in [0.15, 0.2) is 0 Å². The highest BCUT2D eigenvalue weighted by atomic mass is 35.5. The molecule has 0 spiro atoms. The number of hydrogen-bond acceptors (Lipinski definition) is 4. The Morgan fingerprint density at radius 1 is 1.26 bits per heavy atom. The fourth-order valence-electron chi connectivity index (χ4n) is 1.88. The van der Waals surface area contributed by atoms with Gasteiger partial charge >= 0.3 is 0 Å². The lowest BCUT2D eigenvalue weighted by molar-refractivity contribution is -0.384. The van der Waals surface area contributed by atoms with Gasteiger partial charge in [-0.25, -0.2) is 4.39 Å². The van der Waals surface area contributed by atoms with E-state index in [4.69, 9.17) is 11.6 Å². The van der Waals surface area contributed by atoms with Gasteiger partial charge in [-0.3, -0.25) is 14.9 Å². The van der Waals surface area contributed by atoms with Gasteiger partial charge < -0.3 is 10.6 Å². The minimum atomic E-state index is -0.603. The molecule has 0 atom stereocenters. The number of anilines is 2. The standard InChI is InChI=1S/C15H13ClFN3O3/c1-9-2-4-11(20(22)23)7-13(9)18-8-15(21)19-14-6-10(16)3-5-12(14)17/h2-7,18H,8H2,1H3,(H,19,21). The Morgan fingerprint density at radius 3 is 2.70 bits per heavy atom. The van der Waals surface area contributed by atoms with Crippen molar-refractivity contribution in [3.63, 3.8) is 0 Å². The average molecular weight is 338 g/mol. The Morgan fingerprint density at radius 2 is 2.00 bits per heavy atom. The topological polar surface area (TPSA) is 84.3 Å². The summed E-state index contributed by atoms with van der Waals surface area (Å²) in [6.07, 6.45) is 0. The number of nitro groups is 1. The van der Waals surface area contributed by atoms with Crippen LogP contribution < -0.4 is 10.6 Å². The second-order valence-electron chi connectivity index (χ2n) is 4.78. The zero-order valence-corrected chi connectivity index (χ0v) is 12.9. The third kappa shape index (κ3) is 4.40. The first-order valence-electron chi connectivity index (χ1n) is 6.60. The van der Waals surface area contributed by atoms with Crippen LogP contribution in [0.2, 0.25) is 5.02 Å². The van der Waals surface area contributed by atoms with Gasteiger partial charge in [-0.05, 0) is 30.7 Å². The highest BCUT2D eigenvalue weighted by Gasteiger charge is 2.11. The zero-order chi connectivity index (χ0) is 17.0. The van der Waals surface area contributed by atoms with E-state index in [-0.39, 0.29) is 17.9 Å². The lowest BCUT2D eigenvalue weighted by Gasteiger charge is -2.10. The number of nitro benzene ring substituents is 1. The highest BCUT2D eigenvalue weighted by Crippen LogP contribution is 2.22. The van der Waals surface area contributed by atoms with E-state index in [2.05, 4.69) is 10.6 Å². The maximum atomic E-state index is 13.5. The molecule has 23 heavy (non-hydrogen) atoms. The van der Waals surface area contributed by atoms with Crippen LogP contribution in [0.1, 0.15) is 5.56 Å². The largest absolute Gasteiger partial charge is 0.376 e. The van der Waals surface area contributed by atoms with Crippen molar-refractivity contribution in [2.75, 3.05) is 17.2 Å². The monoisotopic (exact) mass is 337 g/mol. The molecule has 2 N–H and O–H groups in total. The molecule has 0 aliphatic rings. The van der Waals surface area contributed by atoms with Crippen molar-refractivity contribution >= 4 is 34.6 Å². The molecule has 0 fully saturated rings. The van der Waals surface area contributed by atoms with Crippen molar-refractivity contribution in [1.82, 2.24) is 0 Å². The van der Waals surface area contributed by atoms with Gasteiger partial charge in [0, 0.05) is 22.8 Å². The predicted octanol–water partition coefficient (Wildman–Crippen LogP) is 3.75. The first-order chi connectivity index (χ1) is 10.9. The normalized spacial score (nSPS) is 10.2. The Balaban J connectivity index is 2.03. The molecule has 0 radical (unpaired) electrons. The van der Waals surface area contributed by atoms with E-state index in [1.165, 1.54) is 24.3 Å². The van der Waals surface area contributed by atoms with Crippen molar-refractivity contribution in [3.05, 3.63) is 62.9 Å². The fourth-order valence-corrected chi connectivity index (χ4v) is 2.05. The molecule has 0 unspecified atom stereocenters. The van der Waals surface area contributed by atoms with Crippen molar-refractivity contribution in [1.29, 1.82) is 0 Å². The number of nitrogens with one attached hydrogen (secondary N) is 2. The zero-order valence-electron chi connectivity index (χ0n) is 12.1. The summed E-state index contributed by atoms with van der Waals surface area (Å²) >= 11 is 5.74. The molecule has 1 amide bonds. The van der Waals surface area contributed by atoms with Gasteiger partial charge in [-0.1, -0.05) is 17.7 Å². The summed E-state index contributed by atoms with van der Waals surface area (Å²) in [5.41, 5.74) is 1.10. The number of hydrogen-bond donors (Lipinski definition) is 2. The summed E-state index contributed by atoms with van der Waals surface area (Å²) in [4.78, 5) is 22.1.